The zero-order valence-electron chi connectivity index (χ0n) is 14.3. The predicted octanol–water partition coefficient (Wildman–Crippen LogP) is 3.26. The number of ether oxygens (including phenoxy) is 1. The van der Waals surface area contributed by atoms with Gasteiger partial charge in [-0.15, -0.1) is 11.6 Å². The molecule has 1 aliphatic heterocycles. The van der Waals surface area contributed by atoms with E-state index in [1.165, 1.54) is 0 Å². The van der Waals surface area contributed by atoms with Gasteiger partial charge in [-0.3, -0.25) is 4.79 Å². The van der Waals surface area contributed by atoms with E-state index in [9.17, 15) is 9.59 Å². The van der Waals surface area contributed by atoms with Crippen LogP contribution >= 0.6 is 11.6 Å². The Bertz CT molecular complexity index is 550. The van der Waals surface area contributed by atoms with Gasteiger partial charge >= 0.3 is 6.09 Å². The summed E-state index contributed by atoms with van der Waals surface area (Å²) in [6.07, 6.45) is 1.48. The fourth-order valence-corrected chi connectivity index (χ4v) is 3.13. The number of rotatable bonds is 6. The van der Waals surface area contributed by atoms with Gasteiger partial charge in [0.25, 0.3) is 0 Å². The van der Waals surface area contributed by atoms with Gasteiger partial charge in [-0.1, -0.05) is 30.3 Å². The lowest BCUT2D eigenvalue weighted by atomic mass is 10.2. The Kier molecular flexibility index (Phi) is 6.91. The van der Waals surface area contributed by atoms with E-state index < -0.39 is 0 Å². The molecule has 0 aliphatic carbocycles. The zero-order valence-corrected chi connectivity index (χ0v) is 15.0. The van der Waals surface area contributed by atoms with Crippen molar-refractivity contribution in [2.24, 2.45) is 0 Å². The summed E-state index contributed by atoms with van der Waals surface area (Å²) in [6.45, 7) is 5.34. The third-order valence-corrected chi connectivity index (χ3v) is 4.51. The maximum Gasteiger partial charge on any atom is 0.410 e. The van der Waals surface area contributed by atoms with Crippen molar-refractivity contribution in [2.45, 2.75) is 45.4 Å². The summed E-state index contributed by atoms with van der Waals surface area (Å²) < 4.78 is 5.43. The van der Waals surface area contributed by atoms with E-state index in [1.807, 2.05) is 44.2 Å². The molecule has 0 spiro atoms. The number of halogens is 1. The van der Waals surface area contributed by atoms with Crippen molar-refractivity contribution < 1.29 is 14.3 Å². The molecule has 0 N–H and O–H groups in total. The van der Waals surface area contributed by atoms with Crippen LogP contribution in [0.15, 0.2) is 30.3 Å². The Morgan fingerprint density at radius 2 is 2.04 bits per heavy atom. The molecule has 2 rings (SSSR count). The van der Waals surface area contributed by atoms with Crippen LogP contribution in [0.4, 0.5) is 4.79 Å². The van der Waals surface area contributed by atoms with Crippen LogP contribution in [-0.2, 0) is 16.1 Å². The molecule has 6 heteroatoms. The van der Waals surface area contributed by atoms with E-state index in [2.05, 4.69) is 0 Å². The maximum atomic E-state index is 12.4. The minimum Gasteiger partial charge on any atom is -0.445 e. The topological polar surface area (TPSA) is 49.9 Å². The van der Waals surface area contributed by atoms with E-state index in [4.69, 9.17) is 16.3 Å². The van der Waals surface area contributed by atoms with E-state index in [1.54, 1.807) is 9.80 Å². The van der Waals surface area contributed by atoms with Crippen molar-refractivity contribution in [1.29, 1.82) is 0 Å². The van der Waals surface area contributed by atoms with Crippen molar-refractivity contribution in [1.82, 2.24) is 9.80 Å². The number of carbonyl (C=O) groups excluding carboxylic acids is 2. The molecule has 2 amide bonds. The van der Waals surface area contributed by atoms with Crippen LogP contribution in [-0.4, -0.2) is 52.9 Å². The first-order valence-electron chi connectivity index (χ1n) is 8.35. The minimum absolute atomic E-state index is 0.0113. The lowest BCUT2D eigenvalue weighted by molar-refractivity contribution is -0.130. The maximum absolute atomic E-state index is 12.4. The van der Waals surface area contributed by atoms with Crippen LogP contribution in [0.2, 0.25) is 0 Å². The van der Waals surface area contributed by atoms with E-state index in [0.29, 0.717) is 13.1 Å². The van der Waals surface area contributed by atoms with Crippen LogP contribution < -0.4 is 0 Å². The second-order valence-corrected chi connectivity index (χ2v) is 6.57. The summed E-state index contributed by atoms with van der Waals surface area (Å²) in [6, 6.07) is 9.65. The van der Waals surface area contributed by atoms with Gasteiger partial charge in [-0.05, 0) is 32.3 Å². The fourth-order valence-electron chi connectivity index (χ4n) is 2.97. The summed E-state index contributed by atoms with van der Waals surface area (Å²) in [5, 5.41) is 0. The first-order valence-corrected chi connectivity index (χ1v) is 8.89. The van der Waals surface area contributed by atoms with E-state index in [0.717, 1.165) is 18.4 Å². The fraction of sp³-hybridized carbons (Fsp3) is 0.556. The number of alkyl halides is 1. The molecule has 1 fully saturated rings. The highest BCUT2D eigenvalue weighted by molar-refractivity contribution is 6.27. The predicted molar refractivity (Wildman–Crippen MR) is 93.9 cm³/mol. The number of hydrogen-bond acceptors (Lipinski definition) is 3. The molecule has 0 unspecified atom stereocenters. The molecular formula is C18H25ClN2O3. The second-order valence-electron chi connectivity index (χ2n) is 6.30. The molecule has 1 saturated heterocycles. The molecule has 0 bridgehead atoms. The third kappa shape index (κ3) is 4.87. The smallest absolute Gasteiger partial charge is 0.410 e. The molecule has 1 aromatic carbocycles. The van der Waals surface area contributed by atoms with Crippen molar-refractivity contribution in [3.05, 3.63) is 35.9 Å². The van der Waals surface area contributed by atoms with Gasteiger partial charge in [0.1, 0.15) is 12.5 Å². The molecule has 132 valence electrons. The molecule has 24 heavy (non-hydrogen) atoms. The first-order chi connectivity index (χ1) is 11.5. The Morgan fingerprint density at radius 1 is 1.33 bits per heavy atom. The van der Waals surface area contributed by atoms with Crippen LogP contribution in [0.3, 0.4) is 0 Å². The van der Waals surface area contributed by atoms with Gasteiger partial charge in [-0.25, -0.2) is 4.79 Å². The number of nitrogens with zero attached hydrogens (tertiary/aromatic N) is 2. The molecule has 5 nitrogen and oxygen atoms in total. The zero-order chi connectivity index (χ0) is 17.5. The molecule has 0 radical (unpaired) electrons. The number of likely N-dealkylation sites (tertiary alicyclic amines) is 1. The molecule has 1 atom stereocenters. The van der Waals surface area contributed by atoms with Gasteiger partial charge < -0.3 is 14.5 Å². The van der Waals surface area contributed by atoms with Gasteiger partial charge in [0.15, 0.2) is 0 Å². The van der Waals surface area contributed by atoms with Crippen molar-refractivity contribution in [2.75, 3.05) is 19.0 Å². The molecule has 0 aromatic heterocycles. The summed E-state index contributed by atoms with van der Waals surface area (Å²) in [5.74, 6) is -0.139. The third-order valence-electron chi connectivity index (χ3n) is 4.28. The largest absolute Gasteiger partial charge is 0.445 e. The first kappa shape index (κ1) is 18.6. The van der Waals surface area contributed by atoms with Gasteiger partial charge in [0.05, 0.1) is 6.04 Å². The molecule has 1 heterocycles. The van der Waals surface area contributed by atoms with Crippen LogP contribution in [0.5, 0.6) is 0 Å². The average molecular weight is 353 g/mol. The van der Waals surface area contributed by atoms with E-state index in [-0.39, 0.29) is 36.6 Å². The van der Waals surface area contributed by atoms with Gasteiger partial charge in [-0.2, -0.15) is 0 Å². The lowest BCUT2D eigenvalue weighted by Gasteiger charge is -2.32. The van der Waals surface area contributed by atoms with Crippen LogP contribution in [0.1, 0.15) is 32.3 Å². The summed E-state index contributed by atoms with van der Waals surface area (Å²) in [7, 11) is 0. The number of benzene rings is 1. The Labute approximate surface area is 148 Å². The number of amides is 2. The highest BCUT2D eigenvalue weighted by atomic mass is 35.5. The Morgan fingerprint density at radius 3 is 2.67 bits per heavy atom. The Hall–Kier alpha value is -1.75. The lowest BCUT2D eigenvalue weighted by Crippen LogP contribution is -2.48. The second kappa shape index (κ2) is 8.92. The highest BCUT2D eigenvalue weighted by Crippen LogP contribution is 2.21. The minimum atomic E-state index is -0.316. The molecule has 0 saturated carbocycles. The average Bonchev–Trinajstić information content (AvgIpc) is 3.06. The number of carbonyl (C=O) groups is 2. The molecule has 1 aliphatic rings. The normalized spacial score (nSPS) is 17.2. The van der Waals surface area contributed by atoms with Crippen molar-refractivity contribution >= 4 is 23.6 Å². The summed E-state index contributed by atoms with van der Waals surface area (Å²) >= 11 is 5.70. The van der Waals surface area contributed by atoms with Crippen molar-refractivity contribution in [3.63, 3.8) is 0 Å². The molecule has 1 aromatic rings. The van der Waals surface area contributed by atoms with Gasteiger partial charge in [0, 0.05) is 19.1 Å². The summed E-state index contributed by atoms with van der Waals surface area (Å²) in [4.78, 5) is 27.9. The molecular weight excluding hydrogens is 328 g/mol. The quantitative estimate of drug-likeness (QED) is 0.738. The highest BCUT2D eigenvalue weighted by Gasteiger charge is 2.33. The Balaban J connectivity index is 1.93. The van der Waals surface area contributed by atoms with Gasteiger partial charge in [0.2, 0.25) is 5.91 Å². The SMILES string of the molecule is CC(C)N(C[C@H]1CCCN1C(=O)OCc1ccccc1)C(=O)CCl. The van der Waals surface area contributed by atoms with Crippen LogP contribution in [0, 0.1) is 0 Å². The van der Waals surface area contributed by atoms with Crippen molar-refractivity contribution in [3.8, 4) is 0 Å². The standard InChI is InChI=1S/C18H25ClN2O3/c1-14(2)21(17(22)11-19)12-16-9-6-10-20(16)18(23)24-13-15-7-4-3-5-8-15/h3-5,7-8,14,16H,6,9-13H2,1-2H3/t16-/m1/s1. The van der Waals surface area contributed by atoms with Crippen LogP contribution in [0.25, 0.3) is 0 Å². The van der Waals surface area contributed by atoms with E-state index >= 15 is 0 Å². The monoisotopic (exact) mass is 352 g/mol. The summed E-state index contributed by atoms with van der Waals surface area (Å²) in [5.41, 5.74) is 0.961. The number of hydrogen-bond donors (Lipinski definition) is 0.